The highest BCUT2D eigenvalue weighted by Crippen LogP contribution is 2.15. The number of hydrogen-bond acceptors (Lipinski definition) is 3. The summed E-state index contributed by atoms with van der Waals surface area (Å²) in [5, 5.41) is 2.69. The Hall–Kier alpha value is -1.11. The molecule has 0 saturated heterocycles. The van der Waals surface area contributed by atoms with E-state index in [1.807, 2.05) is 0 Å². The lowest BCUT2D eigenvalue weighted by Gasteiger charge is -2.01. The summed E-state index contributed by atoms with van der Waals surface area (Å²) in [7, 11) is 0. The Balaban J connectivity index is 2.68. The molecule has 0 aromatic heterocycles. The zero-order valence-electron chi connectivity index (χ0n) is 7.16. The SMILES string of the molecule is O=C(OCC#CS)c1ccccc1Cl. The fraction of sp³-hybridized carbons (Fsp3) is 0.100. The molecular formula is C10H7ClO2S. The molecule has 0 fully saturated rings. The van der Waals surface area contributed by atoms with E-state index in [0.29, 0.717) is 10.6 Å². The van der Waals surface area contributed by atoms with Crippen LogP contribution in [0.15, 0.2) is 24.3 Å². The van der Waals surface area contributed by atoms with Crippen molar-refractivity contribution >= 4 is 30.2 Å². The van der Waals surface area contributed by atoms with Crippen LogP contribution in [0.2, 0.25) is 5.02 Å². The molecule has 2 nitrogen and oxygen atoms in total. The number of benzene rings is 1. The van der Waals surface area contributed by atoms with E-state index in [-0.39, 0.29) is 6.61 Å². The first kappa shape index (κ1) is 11.0. The quantitative estimate of drug-likeness (QED) is 0.476. The van der Waals surface area contributed by atoms with Crippen molar-refractivity contribution in [2.45, 2.75) is 0 Å². The van der Waals surface area contributed by atoms with Crippen molar-refractivity contribution in [1.29, 1.82) is 0 Å². The average Bonchev–Trinajstić information content (AvgIpc) is 2.18. The number of halogens is 1. The third-order valence-corrected chi connectivity index (χ3v) is 1.94. The molecule has 0 spiro atoms. The lowest BCUT2D eigenvalue weighted by molar-refractivity contribution is 0.0557. The minimum atomic E-state index is -0.480. The third-order valence-electron chi connectivity index (χ3n) is 1.45. The van der Waals surface area contributed by atoms with Crippen molar-refractivity contribution in [3.63, 3.8) is 0 Å². The van der Waals surface area contributed by atoms with Gasteiger partial charge in [-0.2, -0.15) is 0 Å². The first-order valence-corrected chi connectivity index (χ1v) is 4.62. The Morgan fingerprint density at radius 3 is 2.86 bits per heavy atom. The molecule has 1 rings (SSSR count). The molecule has 0 aliphatic heterocycles. The van der Waals surface area contributed by atoms with Crippen LogP contribution in [0.5, 0.6) is 0 Å². The van der Waals surface area contributed by atoms with Gasteiger partial charge in [0.15, 0.2) is 6.61 Å². The van der Waals surface area contributed by atoms with Crippen LogP contribution in [0.4, 0.5) is 0 Å². The molecule has 1 aromatic carbocycles. The van der Waals surface area contributed by atoms with E-state index in [0.717, 1.165) is 0 Å². The molecule has 0 radical (unpaired) electrons. The number of carbonyl (C=O) groups is 1. The van der Waals surface area contributed by atoms with E-state index in [1.165, 1.54) is 0 Å². The van der Waals surface area contributed by atoms with Gasteiger partial charge in [0.1, 0.15) is 0 Å². The number of thiol groups is 1. The van der Waals surface area contributed by atoms with Crippen LogP contribution in [-0.2, 0) is 4.74 Å². The number of ether oxygens (including phenoxy) is 1. The van der Waals surface area contributed by atoms with Crippen molar-refractivity contribution in [2.24, 2.45) is 0 Å². The Morgan fingerprint density at radius 1 is 1.50 bits per heavy atom. The highest BCUT2D eigenvalue weighted by atomic mass is 35.5. The van der Waals surface area contributed by atoms with Gasteiger partial charge in [0.2, 0.25) is 0 Å². The van der Waals surface area contributed by atoms with E-state index in [1.54, 1.807) is 24.3 Å². The second-order valence-electron chi connectivity index (χ2n) is 2.34. The van der Waals surface area contributed by atoms with E-state index in [9.17, 15) is 4.79 Å². The second kappa shape index (κ2) is 5.58. The summed E-state index contributed by atoms with van der Waals surface area (Å²) < 4.78 is 4.80. The molecule has 0 bridgehead atoms. The van der Waals surface area contributed by atoms with Crippen LogP contribution in [0.3, 0.4) is 0 Å². The summed E-state index contributed by atoms with van der Waals surface area (Å²) in [5.41, 5.74) is 0.343. The summed E-state index contributed by atoms with van der Waals surface area (Å²) in [6.07, 6.45) is 0. The zero-order chi connectivity index (χ0) is 10.4. The predicted octanol–water partition coefficient (Wildman–Crippen LogP) is 2.39. The normalized spacial score (nSPS) is 8.71. The van der Waals surface area contributed by atoms with Crippen molar-refractivity contribution in [3.05, 3.63) is 34.9 Å². The van der Waals surface area contributed by atoms with Gasteiger partial charge in [0, 0.05) is 0 Å². The zero-order valence-corrected chi connectivity index (χ0v) is 8.81. The summed E-state index contributed by atoms with van der Waals surface area (Å²) in [4.78, 5) is 11.3. The summed E-state index contributed by atoms with van der Waals surface area (Å²) in [6, 6.07) is 6.68. The van der Waals surface area contributed by atoms with Crippen molar-refractivity contribution in [2.75, 3.05) is 6.61 Å². The Labute approximate surface area is 92.6 Å². The van der Waals surface area contributed by atoms with Crippen LogP contribution in [-0.4, -0.2) is 12.6 Å². The van der Waals surface area contributed by atoms with Crippen molar-refractivity contribution in [3.8, 4) is 11.2 Å². The lowest BCUT2D eigenvalue weighted by Crippen LogP contribution is -2.05. The van der Waals surface area contributed by atoms with Gasteiger partial charge in [0.25, 0.3) is 0 Å². The molecule has 0 heterocycles. The van der Waals surface area contributed by atoms with Crippen molar-refractivity contribution in [1.82, 2.24) is 0 Å². The Kier molecular flexibility index (Phi) is 4.37. The molecular weight excluding hydrogens is 220 g/mol. The maximum absolute atomic E-state index is 11.3. The number of rotatable bonds is 2. The first-order chi connectivity index (χ1) is 6.75. The number of carbonyl (C=O) groups excluding carboxylic acids is 1. The van der Waals surface area contributed by atoms with Gasteiger partial charge in [-0.05, 0) is 17.4 Å². The summed E-state index contributed by atoms with van der Waals surface area (Å²) in [6.45, 7) is 0.0214. The molecule has 72 valence electrons. The lowest BCUT2D eigenvalue weighted by atomic mass is 10.2. The van der Waals surface area contributed by atoms with Gasteiger partial charge >= 0.3 is 5.97 Å². The van der Waals surface area contributed by atoms with Crippen molar-refractivity contribution < 1.29 is 9.53 Å². The van der Waals surface area contributed by atoms with Crippen LogP contribution < -0.4 is 0 Å². The maximum atomic E-state index is 11.3. The largest absolute Gasteiger partial charge is 0.449 e. The molecule has 14 heavy (non-hydrogen) atoms. The van der Waals surface area contributed by atoms with Gasteiger partial charge in [-0.3, -0.25) is 0 Å². The monoisotopic (exact) mass is 226 g/mol. The molecule has 0 aliphatic carbocycles. The standard InChI is InChI=1S/C10H7ClO2S/c11-9-5-2-1-4-8(9)10(12)13-6-3-7-14/h1-2,4-5,14H,6H2. The van der Waals surface area contributed by atoms with E-state index < -0.39 is 5.97 Å². The molecule has 1 aromatic rings. The minimum absolute atomic E-state index is 0.0214. The van der Waals surface area contributed by atoms with E-state index in [4.69, 9.17) is 16.3 Å². The van der Waals surface area contributed by atoms with Crippen LogP contribution >= 0.6 is 24.2 Å². The summed E-state index contributed by atoms with van der Waals surface area (Å²) >= 11 is 9.43. The fourth-order valence-electron chi connectivity index (χ4n) is 0.838. The van der Waals surface area contributed by atoms with Gasteiger partial charge < -0.3 is 4.74 Å². The third kappa shape index (κ3) is 2.99. The number of esters is 1. The van der Waals surface area contributed by atoms with E-state index >= 15 is 0 Å². The Bertz CT molecular complexity index is 393. The first-order valence-electron chi connectivity index (χ1n) is 3.79. The predicted molar refractivity (Wildman–Crippen MR) is 58.5 cm³/mol. The molecule has 0 amide bonds. The van der Waals surface area contributed by atoms with Crippen LogP contribution in [0, 0.1) is 11.2 Å². The minimum Gasteiger partial charge on any atom is -0.449 e. The molecule has 0 saturated carbocycles. The smallest absolute Gasteiger partial charge is 0.340 e. The number of hydrogen-bond donors (Lipinski definition) is 1. The van der Waals surface area contributed by atoms with Crippen LogP contribution in [0.1, 0.15) is 10.4 Å². The topological polar surface area (TPSA) is 26.3 Å². The van der Waals surface area contributed by atoms with Gasteiger partial charge in [0.05, 0.1) is 10.6 Å². The highest BCUT2D eigenvalue weighted by molar-refractivity contribution is 7.85. The fourth-order valence-corrected chi connectivity index (χ4v) is 1.12. The highest BCUT2D eigenvalue weighted by Gasteiger charge is 2.09. The average molecular weight is 227 g/mol. The molecule has 4 heteroatoms. The van der Waals surface area contributed by atoms with E-state index in [2.05, 4.69) is 23.8 Å². The van der Waals surface area contributed by atoms with Crippen LogP contribution in [0.25, 0.3) is 0 Å². The molecule has 0 atom stereocenters. The molecule has 0 aliphatic rings. The van der Waals surface area contributed by atoms with Gasteiger partial charge in [-0.15, -0.1) is 0 Å². The second-order valence-corrected chi connectivity index (χ2v) is 2.98. The molecule has 0 N–H and O–H groups in total. The summed E-state index contributed by atoms with van der Waals surface area (Å²) in [5.74, 6) is 2.02. The maximum Gasteiger partial charge on any atom is 0.340 e. The van der Waals surface area contributed by atoms with Gasteiger partial charge in [-0.25, -0.2) is 4.79 Å². The molecule has 0 unspecified atom stereocenters. The van der Waals surface area contributed by atoms with Gasteiger partial charge in [-0.1, -0.05) is 42.3 Å². The Morgan fingerprint density at radius 2 is 2.21 bits per heavy atom.